The zero-order chi connectivity index (χ0) is 13.3. The maximum absolute atomic E-state index is 11.5. The van der Waals surface area contributed by atoms with Gasteiger partial charge in [-0.3, -0.25) is 9.78 Å². The normalized spacial score (nSPS) is 14.4. The van der Waals surface area contributed by atoms with Gasteiger partial charge in [-0.05, 0) is 30.7 Å². The van der Waals surface area contributed by atoms with Crippen LogP contribution in [0.25, 0.3) is 10.9 Å². The molecule has 94 valence electrons. The van der Waals surface area contributed by atoms with Crippen molar-refractivity contribution in [2.75, 3.05) is 0 Å². The number of nitrogens with zero attached hydrogens (tertiary/aromatic N) is 1. The molecule has 1 aromatic carbocycles. The Bertz CT molecular complexity index is 599. The van der Waals surface area contributed by atoms with Crippen LogP contribution < -0.4 is 0 Å². The van der Waals surface area contributed by atoms with Gasteiger partial charge in [-0.15, -0.1) is 0 Å². The molecule has 0 saturated carbocycles. The molecule has 0 spiro atoms. The lowest BCUT2D eigenvalue weighted by molar-refractivity contribution is -0.116. The van der Waals surface area contributed by atoms with E-state index in [1.54, 1.807) is 13.1 Å². The van der Waals surface area contributed by atoms with Crippen LogP contribution in [-0.2, 0) is 4.79 Å². The maximum atomic E-state index is 11.5. The molecule has 0 aliphatic carbocycles. The molecule has 0 aliphatic rings. The van der Waals surface area contributed by atoms with Crippen LogP contribution in [0.5, 0.6) is 0 Å². The number of fused-ring (bicyclic) bond motifs is 1. The fourth-order valence-corrected chi connectivity index (χ4v) is 2.54. The quantitative estimate of drug-likeness (QED) is 0.785. The van der Waals surface area contributed by atoms with Gasteiger partial charge in [-0.25, -0.2) is 0 Å². The predicted octanol–water partition coefficient (Wildman–Crippen LogP) is 4.34. The molecule has 0 amide bonds. The van der Waals surface area contributed by atoms with Gasteiger partial charge < -0.3 is 0 Å². The first-order valence-electron chi connectivity index (χ1n) is 5.70. The van der Waals surface area contributed by atoms with E-state index < -0.39 is 0 Å². The molecular formula is C14H13BrClNO. The molecule has 1 heterocycles. The summed E-state index contributed by atoms with van der Waals surface area (Å²) < 4.78 is 0. The van der Waals surface area contributed by atoms with E-state index in [1.807, 2.05) is 31.2 Å². The number of ketones is 1. The summed E-state index contributed by atoms with van der Waals surface area (Å²) in [5.41, 5.74) is 1.90. The Labute approximate surface area is 119 Å². The zero-order valence-corrected chi connectivity index (χ0v) is 12.5. The van der Waals surface area contributed by atoms with Gasteiger partial charge in [0, 0.05) is 22.5 Å². The first-order valence-corrected chi connectivity index (χ1v) is 6.99. The second-order valence-electron chi connectivity index (χ2n) is 4.34. The Morgan fingerprint density at radius 2 is 2.11 bits per heavy atom. The Morgan fingerprint density at radius 3 is 2.78 bits per heavy atom. The van der Waals surface area contributed by atoms with Crippen LogP contribution in [0.4, 0.5) is 0 Å². The summed E-state index contributed by atoms with van der Waals surface area (Å²) in [4.78, 5) is 15.7. The van der Waals surface area contributed by atoms with Crippen molar-refractivity contribution in [3.05, 3.63) is 41.0 Å². The molecule has 2 unspecified atom stereocenters. The van der Waals surface area contributed by atoms with E-state index in [9.17, 15) is 4.79 Å². The monoisotopic (exact) mass is 325 g/mol. The highest BCUT2D eigenvalue weighted by Gasteiger charge is 2.22. The van der Waals surface area contributed by atoms with Gasteiger partial charge >= 0.3 is 0 Å². The molecular weight excluding hydrogens is 314 g/mol. The third-order valence-electron chi connectivity index (χ3n) is 3.07. The fraction of sp³-hybridized carbons (Fsp3) is 0.286. The molecule has 2 aromatic rings. The van der Waals surface area contributed by atoms with E-state index in [0.29, 0.717) is 5.02 Å². The molecule has 2 atom stereocenters. The van der Waals surface area contributed by atoms with Gasteiger partial charge in [0.25, 0.3) is 0 Å². The summed E-state index contributed by atoms with van der Waals surface area (Å²) in [6, 6.07) is 7.61. The molecule has 18 heavy (non-hydrogen) atoms. The number of pyridine rings is 1. The number of Topliss-reactive ketones (excluding diaryl/α,β-unsaturated/α-hetero) is 1. The molecule has 2 rings (SSSR count). The number of alkyl halides is 1. The highest BCUT2D eigenvalue weighted by atomic mass is 79.9. The van der Waals surface area contributed by atoms with Crippen LogP contribution in [-0.4, -0.2) is 15.6 Å². The van der Waals surface area contributed by atoms with E-state index in [4.69, 9.17) is 11.6 Å². The number of carbonyl (C=O) groups excluding carboxylic acids is 1. The van der Waals surface area contributed by atoms with E-state index in [0.717, 1.165) is 16.5 Å². The van der Waals surface area contributed by atoms with Crippen LogP contribution in [0, 0.1) is 0 Å². The maximum Gasteiger partial charge on any atom is 0.144 e. The average Bonchev–Trinajstić information content (AvgIpc) is 2.38. The summed E-state index contributed by atoms with van der Waals surface area (Å²) in [6.45, 7) is 3.60. The molecule has 0 bridgehead atoms. The van der Waals surface area contributed by atoms with Gasteiger partial charge in [0.05, 0.1) is 10.3 Å². The average molecular weight is 327 g/mol. The van der Waals surface area contributed by atoms with Crippen molar-refractivity contribution in [2.45, 2.75) is 24.6 Å². The van der Waals surface area contributed by atoms with E-state index in [2.05, 4.69) is 20.9 Å². The lowest BCUT2D eigenvalue weighted by atomic mass is 9.93. The highest BCUT2D eigenvalue weighted by Crippen LogP contribution is 2.33. The Hall–Kier alpha value is -0.930. The summed E-state index contributed by atoms with van der Waals surface area (Å²) in [5, 5.41) is 1.61. The smallest absolute Gasteiger partial charge is 0.144 e. The molecule has 0 fully saturated rings. The van der Waals surface area contributed by atoms with Crippen molar-refractivity contribution in [3.63, 3.8) is 0 Å². The number of hydrogen-bond donors (Lipinski definition) is 0. The molecule has 4 heteroatoms. The van der Waals surface area contributed by atoms with Crippen molar-refractivity contribution in [1.82, 2.24) is 4.98 Å². The highest BCUT2D eigenvalue weighted by molar-refractivity contribution is 9.10. The number of hydrogen-bond acceptors (Lipinski definition) is 2. The zero-order valence-electron chi connectivity index (χ0n) is 10.2. The lowest BCUT2D eigenvalue weighted by Crippen LogP contribution is -2.18. The van der Waals surface area contributed by atoms with E-state index >= 15 is 0 Å². The van der Waals surface area contributed by atoms with Crippen LogP contribution >= 0.6 is 27.5 Å². The van der Waals surface area contributed by atoms with Gasteiger partial charge in [0.15, 0.2) is 0 Å². The molecule has 0 N–H and O–H groups in total. The third-order valence-corrected chi connectivity index (χ3v) is 4.83. The number of halogens is 2. The van der Waals surface area contributed by atoms with Crippen molar-refractivity contribution >= 4 is 44.2 Å². The van der Waals surface area contributed by atoms with Crippen molar-refractivity contribution < 1.29 is 4.79 Å². The Kier molecular flexibility index (Phi) is 4.03. The largest absolute Gasteiger partial charge is 0.299 e. The third kappa shape index (κ3) is 2.43. The topological polar surface area (TPSA) is 30.0 Å². The number of aromatic nitrogens is 1. The van der Waals surface area contributed by atoms with Crippen molar-refractivity contribution in [2.24, 2.45) is 0 Å². The minimum absolute atomic E-state index is 0.0529. The minimum Gasteiger partial charge on any atom is -0.299 e. The summed E-state index contributed by atoms with van der Waals surface area (Å²) in [6.07, 6.45) is 1.74. The molecule has 2 nitrogen and oxygen atoms in total. The van der Waals surface area contributed by atoms with Crippen molar-refractivity contribution in [1.29, 1.82) is 0 Å². The van der Waals surface area contributed by atoms with Gasteiger partial charge in [0.1, 0.15) is 5.78 Å². The number of benzene rings is 1. The Balaban J connectivity index is 2.58. The molecule has 0 aliphatic heterocycles. The molecule has 1 aromatic heterocycles. The predicted molar refractivity (Wildman–Crippen MR) is 78.6 cm³/mol. The van der Waals surface area contributed by atoms with Crippen LogP contribution in [0.3, 0.4) is 0 Å². The van der Waals surface area contributed by atoms with Crippen molar-refractivity contribution in [3.8, 4) is 0 Å². The van der Waals surface area contributed by atoms with Crippen LogP contribution in [0.1, 0.15) is 25.3 Å². The van der Waals surface area contributed by atoms with E-state index in [-0.39, 0.29) is 16.5 Å². The second-order valence-corrected chi connectivity index (χ2v) is 5.73. The Morgan fingerprint density at radius 1 is 1.39 bits per heavy atom. The van der Waals surface area contributed by atoms with Gasteiger partial charge in [0.2, 0.25) is 0 Å². The van der Waals surface area contributed by atoms with Gasteiger partial charge in [-0.2, -0.15) is 0 Å². The van der Waals surface area contributed by atoms with Crippen LogP contribution in [0.2, 0.25) is 5.02 Å². The second kappa shape index (κ2) is 5.37. The number of rotatable bonds is 3. The standard InChI is InChI=1S/C14H13BrClNO/c1-8(13(15)9(2)18)10-5-6-12(16)11-4-3-7-17-14(10)11/h3-8,13H,1-2H3. The SMILES string of the molecule is CC(=O)C(Br)C(C)c1ccc(Cl)c2cccnc12. The fourth-order valence-electron chi connectivity index (χ4n) is 2.04. The summed E-state index contributed by atoms with van der Waals surface area (Å²) in [5.74, 6) is 0.165. The lowest BCUT2D eigenvalue weighted by Gasteiger charge is -2.18. The first kappa shape index (κ1) is 13.5. The molecule has 0 saturated heterocycles. The summed E-state index contributed by atoms with van der Waals surface area (Å²) in [7, 11) is 0. The minimum atomic E-state index is -0.205. The number of carbonyl (C=O) groups is 1. The summed E-state index contributed by atoms with van der Waals surface area (Å²) >= 11 is 9.60. The van der Waals surface area contributed by atoms with E-state index in [1.165, 1.54) is 0 Å². The van der Waals surface area contributed by atoms with Crippen LogP contribution in [0.15, 0.2) is 30.5 Å². The van der Waals surface area contributed by atoms with Gasteiger partial charge in [-0.1, -0.05) is 40.5 Å². The molecule has 0 radical (unpaired) electrons. The first-order chi connectivity index (χ1) is 8.52.